The third kappa shape index (κ3) is 4.17. The summed E-state index contributed by atoms with van der Waals surface area (Å²) in [5, 5.41) is 7.00. The van der Waals surface area contributed by atoms with Crippen LogP contribution < -0.4 is 15.8 Å². The van der Waals surface area contributed by atoms with Gasteiger partial charge in [0.2, 0.25) is 11.1 Å². The Hall–Kier alpha value is -4.39. The number of anilines is 3. The lowest BCUT2D eigenvalue weighted by Crippen LogP contribution is -2.53. The van der Waals surface area contributed by atoms with E-state index in [1.165, 1.54) is 17.5 Å². The van der Waals surface area contributed by atoms with E-state index in [1.807, 2.05) is 41.8 Å². The predicted octanol–water partition coefficient (Wildman–Crippen LogP) is 3.55. The lowest BCUT2D eigenvalue weighted by atomic mass is 10.1. The topological polar surface area (TPSA) is 106 Å². The van der Waals surface area contributed by atoms with Crippen molar-refractivity contribution in [1.29, 1.82) is 0 Å². The number of hydrogen-bond donors (Lipinski definition) is 1. The van der Waals surface area contributed by atoms with Gasteiger partial charge in [-0.2, -0.15) is 9.50 Å². The number of piperazine rings is 1. The van der Waals surface area contributed by atoms with Crippen LogP contribution in [0.1, 0.15) is 0 Å². The molecule has 1 unspecified atom stereocenters. The fourth-order valence-electron chi connectivity index (χ4n) is 5.40. The fourth-order valence-corrected chi connectivity index (χ4v) is 6.05. The maximum Gasteiger partial charge on any atom is 0.284 e. The highest BCUT2D eigenvalue weighted by Crippen LogP contribution is 2.27. The minimum atomic E-state index is -0.250. The third-order valence-corrected chi connectivity index (χ3v) is 8.02. The minimum absolute atomic E-state index is 0.250. The molecule has 0 amide bonds. The molecule has 0 bridgehead atoms. The summed E-state index contributed by atoms with van der Waals surface area (Å²) in [5.41, 5.74) is 3.44. The Morgan fingerprint density at radius 2 is 1.90 bits per heavy atom. The molecular formula is C28H27N9O2S. The van der Waals surface area contributed by atoms with Crippen molar-refractivity contribution in [3.8, 4) is 5.13 Å². The molecule has 11 nitrogen and oxygen atoms in total. The molecule has 1 fully saturated rings. The maximum absolute atomic E-state index is 13.7. The summed E-state index contributed by atoms with van der Waals surface area (Å²) >= 11 is 1.45. The molecule has 1 aliphatic rings. The first kappa shape index (κ1) is 24.6. The van der Waals surface area contributed by atoms with Crippen LogP contribution in [0.4, 0.5) is 17.3 Å². The van der Waals surface area contributed by atoms with Crippen molar-refractivity contribution in [2.24, 2.45) is 0 Å². The van der Waals surface area contributed by atoms with Gasteiger partial charge >= 0.3 is 0 Å². The first-order valence-electron chi connectivity index (χ1n) is 13.0. The van der Waals surface area contributed by atoms with Gasteiger partial charge in [0.1, 0.15) is 5.39 Å². The molecule has 7 rings (SSSR count). The Morgan fingerprint density at radius 3 is 2.70 bits per heavy atom. The lowest BCUT2D eigenvalue weighted by molar-refractivity contribution is 0.143. The van der Waals surface area contributed by atoms with Gasteiger partial charge in [0.15, 0.2) is 11.3 Å². The van der Waals surface area contributed by atoms with Crippen LogP contribution in [-0.2, 0) is 4.74 Å². The summed E-state index contributed by atoms with van der Waals surface area (Å²) in [4.78, 5) is 36.7. The van der Waals surface area contributed by atoms with Crippen LogP contribution in [0.3, 0.4) is 0 Å². The molecule has 202 valence electrons. The summed E-state index contributed by atoms with van der Waals surface area (Å²) in [6.45, 7) is 3.59. The second-order valence-corrected chi connectivity index (χ2v) is 10.7. The van der Waals surface area contributed by atoms with Crippen LogP contribution in [-0.4, -0.2) is 80.5 Å². The molecule has 1 aliphatic heterocycles. The molecule has 12 heteroatoms. The molecule has 0 aliphatic carbocycles. The molecule has 1 atom stereocenters. The molecule has 0 saturated carbocycles. The first-order chi connectivity index (χ1) is 19.6. The zero-order valence-electron chi connectivity index (χ0n) is 22.1. The maximum atomic E-state index is 13.7. The number of fused-ring (bicyclic) bond motifs is 4. The largest absolute Gasteiger partial charge is 0.383 e. The number of aromatic nitrogens is 6. The summed E-state index contributed by atoms with van der Waals surface area (Å²) in [6, 6.07) is 16.3. The summed E-state index contributed by atoms with van der Waals surface area (Å²) < 4.78 is 8.82. The zero-order valence-corrected chi connectivity index (χ0v) is 22.9. The molecule has 0 spiro atoms. The quantitative estimate of drug-likeness (QED) is 0.331. The van der Waals surface area contributed by atoms with Crippen molar-refractivity contribution in [2.45, 2.75) is 6.04 Å². The highest BCUT2D eigenvalue weighted by atomic mass is 32.1. The van der Waals surface area contributed by atoms with Gasteiger partial charge in [-0.25, -0.2) is 19.6 Å². The zero-order chi connectivity index (χ0) is 27.2. The third-order valence-electron chi connectivity index (χ3n) is 7.28. The molecule has 40 heavy (non-hydrogen) atoms. The van der Waals surface area contributed by atoms with E-state index in [9.17, 15) is 4.79 Å². The van der Waals surface area contributed by atoms with Gasteiger partial charge in [-0.15, -0.1) is 11.3 Å². The summed E-state index contributed by atoms with van der Waals surface area (Å²) in [5.74, 6) is 0.372. The van der Waals surface area contributed by atoms with Crippen LogP contribution in [0.5, 0.6) is 0 Å². The number of benzene rings is 2. The number of nitrogens with one attached hydrogen (secondary N) is 1. The van der Waals surface area contributed by atoms with Gasteiger partial charge in [-0.3, -0.25) is 4.79 Å². The molecule has 5 heterocycles. The number of nitrogens with zero attached hydrogens (tertiary/aromatic N) is 8. The number of ether oxygens (including phenoxy) is 1. The molecule has 0 radical (unpaired) electrons. The Labute approximate surface area is 233 Å². The van der Waals surface area contributed by atoms with E-state index < -0.39 is 0 Å². The van der Waals surface area contributed by atoms with E-state index in [-0.39, 0.29) is 5.56 Å². The van der Waals surface area contributed by atoms with Crippen molar-refractivity contribution < 1.29 is 4.74 Å². The Morgan fingerprint density at radius 1 is 1.05 bits per heavy atom. The Kier molecular flexibility index (Phi) is 6.14. The van der Waals surface area contributed by atoms with Crippen LogP contribution >= 0.6 is 11.3 Å². The highest BCUT2D eigenvalue weighted by molar-refractivity contribution is 7.12. The Balaban J connectivity index is 1.23. The average Bonchev–Trinajstić information content (AvgIpc) is 3.61. The average molecular weight is 554 g/mol. The second-order valence-electron chi connectivity index (χ2n) is 9.86. The number of likely N-dealkylation sites (N-methyl/N-ethyl adjacent to an activating group) is 1. The predicted molar refractivity (Wildman–Crippen MR) is 157 cm³/mol. The molecule has 2 aromatic carbocycles. The van der Waals surface area contributed by atoms with Crippen LogP contribution in [0.25, 0.3) is 32.7 Å². The van der Waals surface area contributed by atoms with E-state index >= 15 is 0 Å². The van der Waals surface area contributed by atoms with Crippen LogP contribution in [0.2, 0.25) is 0 Å². The smallest absolute Gasteiger partial charge is 0.284 e. The number of methoxy groups -OCH3 is 1. The van der Waals surface area contributed by atoms with Gasteiger partial charge in [0.05, 0.1) is 18.2 Å². The minimum Gasteiger partial charge on any atom is -0.383 e. The lowest BCUT2D eigenvalue weighted by Gasteiger charge is -2.41. The van der Waals surface area contributed by atoms with Crippen LogP contribution in [0.15, 0.2) is 71.1 Å². The summed E-state index contributed by atoms with van der Waals surface area (Å²) in [6.07, 6.45) is 3.25. The van der Waals surface area contributed by atoms with Crippen molar-refractivity contribution in [3.63, 3.8) is 0 Å². The first-order valence-corrected chi connectivity index (χ1v) is 13.9. The number of hydrogen-bond acceptors (Lipinski definition) is 10. The van der Waals surface area contributed by atoms with E-state index in [4.69, 9.17) is 9.72 Å². The van der Waals surface area contributed by atoms with Crippen molar-refractivity contribution >= 4 is 56.2 Å². The van der Waals surface area contributed by atoms with E-state index in [0.717, 1.165) is 41.9 Å². The van der Waals surface area contributed by atoms with E-state index in [2.05, 4.69) is 49.2 Å². The van der Waals surface area contributed by atoms with Gasteiger partial charge in [-0.05, 0) is 43.4 Å². The second kappa shape index (κ2) is 9.97. The molecular weight excluding hydrogens is 526 g/mol. The van der Waals surface area contributed by atoms with Crippen LogP contribution in [0, 0.1) is 0 Å². The van der Waals surface area contributed by atoms with E-state index in [0.29, 0.717) is 40.4 Å². The number of para-hydroxylation sites is 1. The normalized spacial score (nSPS) is 16.4. The van der Waals surface area contributed by atoms with Gasteiger partial charge in [0.25, 0.3) is 5.56 Å². The standard InChI is InChI=1S/C28H27N9O2S/c1-34-12-13-35(20(16-34)17-39-2)19-9-7-18(8-10-19)31-27-30-15-22-24(33-27)32-25-21-5-3-4-6-23(21)36(37(25)26(22)38)28-29-11-14-40-28/h3-11,14-15,20H,12-13,16-17H2,1-2H3,(H,30,31,33). The molecule has 1 N–H and O–H groups in total. The molecule has 1 saturated heterocycles. The van der Waals surface area contributed by atoms with Crippen molar-refractivity contribution in [3.05, 3.63) is 76.7 Å². The Bertz CT molecular complexity index is 1880. The molecule has 6 aromatic rings. The van der Waals surface area contributed by atoms with Crippen molar-refractivity contribution in [2.75, 3.05) is 50.6 Å². The van der Waals surface area contributed by atoms with Crippen molar-refractivity contribution in [1.82, 2.24) is 34.0 Å². The monoisotopic (exact) mass is 553 g/mol. The van der Waals surface area contributed by atoms with E-state index in [1.54, 1.807) is 22.5 Å². The van der Waals surface area contributed by atoms with Gasteiger partial charge in [0, 0.05) is 61.3 Å². The highest BCUT2D eigenvalue weighted by Gasteiger charge is 2.25. The number of rotatable bonds is 6. The SMILES string of the molecule is COCC1CN(C)CCN1c1ccc(Nc2ncc3c(=O)n4c(nc3n2)c2ccccc2n4-c2nccs2)cc1. The van der Waals surface area contributed by atoms with Gasteiger partial charge < -0.3 is 19.9 Å². The van der Waals surface area contributed by atoms with Gasteiger partial charge in [-0.1, -0.05) is 12.1 Å². The summed E-state index contributed by atoms with van der Waals surface area (Å²) in [7, 11) is 3.89. The fraction of sp³-hybridized carbons (Fsp3) is 0.250. The number of thiazole rings is 1. The molecule has 4 aromatic heterocycles.